The second-order valence-corrected chi connectivity index (χ2v) is 6.94. The molecule has 0 amide bonds. The molecule has 0 aliphatic heterocycles. The average Bonchev–Trinajstić information content (AvgIpc) is 2.42. The fourth-order valence-corrected chi connectivity index (χ4v) is 2.61. The van der Waals surface area contributed by atoms with Crippen molar-refractivity contribution in [2.75, 3.05) is 26.2 Å². The van der Waals surface area contributed by atoms with E-state index in [4.69, 9.17) is 15.3 Å². The highest BCUT2D eigenvalue weighted by atomic mass is 32.2. The Hall–Kier alpha value is -1.31. The molecule has 0 aromatic heterocycles. The van der Waals surface area contributed by atoms with Gasteiger partial charge in [-0.15, -0.1) is 0 Å². The van der Waals surface area contributed by atoms with Crippen molar-refractivity contribution in [3.8, 4) is 11.5 Å². The first-order chi connectivity index (χ1) is 9.39. The highest BCUT2D eigenvalue weighted by molar-refractivity contribution is 7.90. The fraction of sp³-hybridized carbons (Fsp3) is 0.538. The van der Waals surface area contributed by atoms with E-state index in [0.717, 1.165) is 5.56 Å². The van der Waals surface area contributed by atoms with Crippen molar-refractivity contribution in [1.82, 2.24) is 5.43 Å². The number of nitrogens with two attached hydrogens (primary N) is 1. The summed E-state index contributed by atoms with van der Waals surface area (Å²) in [5, 5.41) is 0. The van der Waals surface area contributed by atoms with Gasteiger partial charge in [-0.2, -0.15) is 0 Å². The van der Waals surface area contributed by atoms with Gasteiger partial charge in [-0.25, -0.2) is 8.42 Å². The minimum Gasteiger partial charge on any atom is -0.493 e. The van der Waals surface area contributed by atoms with Gasteiger partial charge < -0.3 is 9.47 Å². The van der Waals surface area contributed by atoms with Crippen LogP contribution >= 0.6 is 0 Å². The van der Waals surface area contributed by atoms with Crippen LogP contribution in [0.2, 0.25) is 0 Å². The smallest absolute Gasteiger partial charge is 0.160 e. The zero-order valence-corrected chi connectivity index (χ0v) is 12.9. The number of nitrogens with one attached hydrogen (secondary N) is 1. The Morgan fingerprint density at radius 3 is 2.40 bits per heavy atom. The molecule has 7 heteroatoms. The van der Waals surface area contributed by atoms with Gasteiger partial charge in [0.25, 0.3) is 0 Å². The molecule has 1 atom stereocenters. The lowest BCUT2D eigenvalue weighted by Crippen LogP contribution is -2.38. The van der Waals surface area contributed by atoms with Crippen LogP contribution in [-0.2, 0) is 16.3 Å². The summed E-state index contributed by atoms with van der Waals surface area (Å²) < 4.78 is 32.8. The molecule has 20 heavy (non-hydrogen) atoms. The van der Waals surface area contributed by atoms with E-state index in [1.807, 2.05) is 18.2 Å². The maximum absolute atomic E-state index is 11.2. The van der Waals surface area contributed by atoms with Crippen molar-refractivity contribution in [3.63, 3.8) is 0 Å². The van der Waals surface area contributed by atoms with Gasteiger partial charge in [-0.1, -0.05) is 6.07 Å². The summed E-state index contributed by atoms with van der Waals surface area (Å²) >= 11 is 0. The van der Waals surface area contributed by atoms with E-state index >= 15 is 0 Å². The highest BCUT2D eigenvalue weighted by Crippen LogP contribution is 2.28. The number of ether oxygens (including phenoxy) is 2. The maximum Gasteiger partial charge on any atom is 0.160 e. The molecule has 0 saturated heterocycles. The molecular weight excluding hydrogens is 280 g/mol. The summed E-state index contributed by atoms with van der Waals surface area (Å²) in [6.07, 6.45) is 2.30. The third-order valence-corrected chi connectivity index (χ3v) is 3.98. The summed E-state index contributed by atoms with van der Waals surface area (Å²) in [6.45, 7) is 0. The lowest BCUT2D eigenvalue weighted by molar-refractivity contribution is 0.354. The first-order valence-corrected chi connectivity index (χ1v) is 8.30. The fourth-order valence-electron chi connectivity index (χ4n) is 1.89. The number of rotatable bonds is 8. The first kappa shape index (κ1) is 16.7. The van der Waals surface area contributed by atoms with Crippen molar-refractivity contribution in [2.45, 2.75) is 18.9 Å². The van der Waals surface area contributed by atoms with Crippen LogP contribution in [0.5, 0.6) is 11.5 Å². The van der Waals surface area contributed by atoms with Crippen molar-refractivity contribution in [1.29, 1.82) is 0 Å². The predicted molar refractivity (Wildman–Crippen MR) is 78.7 cm³/mol. The minimum atomic E-state index is -2.99. The van der Waals surface area contributed by atoms with E-state index < -0.39 is 9.84 Å². The van der Waals surface area contributed by atoms with Crippen molar-refractivity contribution in [2.24, 2.45) is 5.84 Å². The average molecular weight is 302 g/mol. The second kappa shape index (κ2) is 7.47. The Morgan fingerprint density at radius 2 is 1.90 bits per heavy atom. The molecule has 0 radical (unpaired) electrons. The number of methoxy groups -OCH3 is 2. The topological polar surface area (TPSA) is 90.7 Å². The number of benzene rings is 1. The van der Waals surface area contributed by atoms with E-state index in [1.54, 1.807) is 14.2 Å². The molecule has 114 valence electrons. The molecule has 0 spiro atoms. The molecule has 6 nitrogen and oxygen atoms in total. The third-order valence-electron chi connectivity index (χ3n) is 3.00. The van der Waals surface area contributed by atoms with E-state index in [9.17, 15) is 8.42 Å². The zero-order chi connectivity index (χ0) is 15.2. The molecule has 1 aromatic rings. The molecule has 3 N–H and O–H groups in total. The van der Waals surface area contributed by atoms with Gasteiger partial charge in [-0.3, -0.25) is 11.3 Å². The Bertz CT molecular complexity index is 531. The molecule has 0 heterocycles. The Balaban J connectivity index is 2.74. The molecule has 0 fully saturated rings. The number of hydrogen-bond donors (Lipinski definition) is 2. The molecular formula is C13H22N2O4S. The van der Waals surface area contributed by atoms with Gasteiger partial charge in [0.2, 0.25) is 0 Å². The Labute approximate surface area is 120 Å². The molecule has 1 rings (SSSR count). The van der Waals surface area contributed by atoms with Gasteiger partial charge >= 0.3 is 0 Å². The van der Waals surface area contributed by atoms with Crippen molar-refractivity contribution in [3.05, 3.63) is 23.8 Å². The van der Waals surface area contributed by atoms with Crippen molar-refractivity contribution < 1.29 is 17.9 Å². The third kappa shape index (κ3) is 5.36. The normalized spacial score (nSPS) is 13.0. The minimum absolute atomic E-state index is 0.106. The summed E-state index contributed by atoms with van der Waals surface area (Å²) in [4.78, 5) is 0. The molecule has 1 unspecified atom stereocenters. The summed E-state index contributed by atoms with van der Waals surface area (Å²) in [5.74, 6) is 6.88. The van der Waals surface area contributed by atoms with Gasteiger partial charge in [-0.05, 0) is 30.5 Å². The van der Waals surface area contributed by atoms with Crippen LogP contribution < -0.4 is 20.7 Å². The second-order valence-electron chi connectivity index (χ2n) is 4.68. The molecule has 0 bridgehead atoms. The van der Waals surface area contributed by atoms with Gasteiger partial charge in [0, 0.05) is 12.3 Å². The van der Waals surface area contributed by atoms with Gasteiger partial charge in [0.15, 0.2) is 11.5 Å². The standard InChI is InChI=1S/C13H22N2O4S/c1-18-12-5-4-10(9-13(12)19-2)8-11(15-14)6-7-20(3,16)17/h4-5,9,11,15H,6-8,14H2,1-3H3. The van der Waals surface area contributed by atoms with Crippen molar-refractivity contribution >= 4 is 9.84 Å². The zero-order valence-electron chi connectivity index (χ0n) is 12.0. The summed E-state index contributed by atoms with van der Waals surface area (Å²) in [5.41, 5.74) is 3.65. The van der Waals surface area contributed by atoms with Crippen LogP contribution in [0.4, 0.5) is 0 Å². The van der Waals surface area contributed by atoms with Gasteiger partial charge in [0.1, 0.15) is 9.84 Å². The van der Waals surface area contributed by atoms with Gasteiger partial charge in [0.05, 0.1) is 20.0 Å². The lowest BCUT2D eigenvalue weighted by atomic mass is 10.0. The van der Waals surface area contributed by atoms with E-state index in [2.05, 4.69) is 5.43 Å². The summed E-state index contributed by atoms with van der Waals surface area (Å²) in [6, 6.07) is 5.48. The van der Waals surface area contributed by atoms with Crippen LogP contribution in [0.15, 0.2) is 18.2 Å². The maximum atomic E-state index is 11.2. The van der Waals surface area contributed by atoms with E-state index in [-0.39, 0.29) is 11.8 Å². The Morgan fingerprint density at radius 1 is 1.25 bits per heavy atom. The van der Waals surface area contributed by atoms with E-state index in [0.29, 0.717) is 24.3 Å². The first-order valence-electron chi connectivity index (χ1n) is 6.24. The molecule has 1 aromatic carbocycles. The molecule has 0 saturated carbocycles. The number of hydrazine groups is 1. The number of hydrogen-bond acceptors (Lipinski definition) is 6. The SMILES string of the molecule is COc1ccc(CC(CCS(C)(=O)=O)NN)cc1OC. The number of sulfone groups is 1. The summed E-state index contributed by atoms with van der Waals surface area (Å²) in [7, 11) is 0.165. The van der Waals surface area contributed by atoms with Crippen LogP contribution in [0.1, 0.15) is 12.0 Å². The van der Waals surface area contributed by atoms with Crippen LogP contribution in [0.25, 0.3) is 0 Å². The van der Waals surface area contributed by atoms with E-state index in [1.165, 1.54) is 6.26 Å². The lowest BCUT2D eigenvalue weighted by Gasteiger charge is -2.16. The molecule has 0 aliphatic rings. The van der Waals surface area contributed by atoms with Crippen LogP contribution in [-0.4, -0.2) is 40.7 Å². The quantitative estimate of drug-likeness (QED) is 0.537. The van der Waals surface area contributed by atoms with Crippen LogP contribution in [0, 0.1) is 0 Å². The Kier molecular flexibility index (Phi) is 6.25. The predicted octanol–water partition coefficient (Wildman–Crippen LogP) is 0.513. The highest BCUT2D eigenvalue weighted by Gasteiger charge is 2.13. The molecule has 0 aliphatic carbocycles. The van der Waals surface area contributed by atoms with Crippen LogP contribution in [0.3, 0.4) is 0 Å². The largest absolute Gasteiger partial charge is 0.493 e. The monoisotopic (exact) mass is 302 g/mol.